The minimum absolute atomic E-state index is 0.0917. The summed E-state index contributed by atoms with van der Waals surface area (Å²) in [4.78, 5) is 0. The van der Waals surface area contributed by atoms with E-state index >= 15 is 0 Å². The van der Waals surface area contributed by atoms with Crippen LogP contribution in [0.25, 0.3) is 0 Å². The molecular formula is C10H10N2O3S. The van der Waals surface area contributed by atoms with Crippen LogP contribution in [0.4, 0.5) is 5.69 Å². The summed E-state index contributed by atoms with van der Waals surface area (Å²) < 4.78 is 29.6. The fourth-order valence-electron chi connectivity index (χ4n) is 1.14. The molecule has 0 amide bonds. The number of nitrogens with zero attached hydrogens (tertiary/aromatic N) is 2. The summed E-state index contributed by atoms with van der Waals surface area (Å²) in [6, 6.07) is 6.52. The van der Waals surface area contributed by atoms with Crippen molar-refractivity contribution in [3.8, 4) is 11.8 Å². The molecule has 16 heavy (non-hydrogen) atoms. The Bertz CT molecular complexity index is 548. The van der Waals surface area contributed by atoms with Gasteiger partial charge >= 0.3 is 10.5 Å². The number of rotatable bonds is 3. The van der Waals surface area contributed by atoms with Gasteiger partial charge in [0.05, 0.1) is 6.10 Å². The van der Waals surface area contributed by atoms with Gasteiger partial charge in [-0.15, -0.1) is 4.36 Å². The third-order valence-electron chi connectivity index (χ3n) is 1.65. The highest BCUT2D eigenvalue weighted by Gasteiger charge is 2.10. The SMILES string of the molecule is CC(C)Oc1cccc(N=S(=O)=O)c1C#N. The van der Waals surface area contributed by atoms with Crippen LogP contribution in [0.5, 0.6) is 5.75 Å². The third-order valence-corrected chi connectivity index (χ3v) is 2.00. The fourth-order valence-corrected chi connectivity index (χ4v) is 1.45. The molecule has 0 aliphatic rings. The maximum atomic E-state index is 10.5. The lowest BCUT2D eigenvalue weighted by molar-refractivity contribution is 0.242. The van der Waals surface area contributed by atoms with E-state index < -0.39 is 10.5 Å². The molecule has 0 heterocycles. The highest BCUT2D eigenvalue weighted by atomic mass is 32.2. The standard InChI is InChI=1S/C10H10N2O3S/c1-7(2)15-10-5-3-4-9(8(10)6-11)12-16(13)14/h3-5,7H,1-2H3. The number of nitriles is 1. The minimum atomic E-state index is -2.58. The van der Waals surface area contributed by atoms with Gasteiger partial charge in [-0.05, 0) is 26.0 Å². The van der Waals surface area contributed by atoms with Gasteiger partial charge in [-0.2, -0.15) is 13.7 Å². The minimum Gasteiger partial charge on any atom is -0.490 e. The predicted octanol–water partition coefficient (Wildman–Crippen LogP) is 2.04. The van der Waals surface area contributed by atoms with Crippen LogP contribution in [0, 0.1) is 11.3 Å². The van der Waals surface area contributed by atoms with Crippen LogP contribution in [-0.2, 0) is 10.5 Å². The van der Waals surface area contributed by atoms with Crippen LogP contribution >= 0.6 is 0 Å². The molecular weight excluding hydrogens is 228 g/mol. The lowest BCUT2D eigenvalue weighted by atomic mass is 10.2. The van der Waals surface area contributed by atoms with Crippen LogP contribution < -0.4 is 4.74 Å². The van der Waals surface area contributed by atoms with Crippen molar-refractivity contribution in [3.05, 3.63) is 23.8 Å². The molecule has 0 spiro atoms. The number of hydrogen-bond acceptors (Lipinski definition) is 5. The zero-order chi connectivity index (χ0) is 12.1. The first-order chi connectivity index (χ1) is 7.54. The van der Waals surface area contributed by atoms with Crippen molar-refractivity contribution in [3.63, 3.8) is 0 Å². The topological polar surface area (TPSA) is 79.5 Å². The lowest BCUT2D eigenvalue weighted by Crippen LogP contribution is -2.06. The van der Waals surface area contributed by atoms with Crippen LogP contribution in [0.15, 0.2) is 22.6 Å². The molecule has 1 aromatic carbocycles. The van der Waals surface area contributed by atoms with E-state index in [1.165, 1.54) is 6.07 Å². The van der Waals surface area contributed by atoms with Gasteiger partial charge in [-0.3, -0.25) is 0 Å². The Morgan fingerprint density at radius 2 is 2.12 bits per heavy atom. The molecule has 0 aliphatic carbocycles. The van der Waals surface area contributed by atoms with Crippen molar-refractivity contribution in [2.24, 2.45) is 4.36 Å². The Balaban J connectivity index is 3.33. The summed E-state index contributed by atoms with van der Waals surface area (Å²) in [6.07, 6.45) is -0.0971. The summed E-state index contributed by atoms with van der Waals surface area (Å²) >= 11 is 0. The Labute approximate surface area is 95.0 Å². The molecule has 1 rings (SSSR count). The summed E-state index contributed by atoms with van der Waals surface area (Å²) in [7, 11) is -2.58. The van der Waals surface area contributed by atoms with Crippen molar-refractivity contribution < 1.29 is 13.2 Å². The van der Waals surface area contributed by atoms with E-state index in [2.05, 4.69) is 4.36 Å². The zero-order valence-corrected chi connectivity index (χ0v) is 9.65. The van der Waals surface area contributed by atoms with Crippen molar-refractivity contribution in [2.45, 2.75) is 20.0 Å². The molecule has 0 bridgehead atoms. The molecule has 6 heteroatoms. The summed E-state index contributed by atoms with van der Waals surface area (Å²) in [5.74, 6) is 0.337. The molecule has 0 fully saturated rings. The number of hydrogen-bond donors (Lipinski definition) is 0. The van der Waals surface area contributed by atoms with Gasteiger partial charge in [-0.25, -0.2) is 0 Å². The van der Waals surface area contributed by atoms with E-state index in [4.69, 9.17) is 10.00 Å². The first kappa shape index (κ1) is 12.2. The second-order valence-corrected chi connectivity index (χ2v) is 3.85. The monoisotopic (exact) mass is 238 g/mol. The Kier molecular flexibility index (Phi) is 4.03. The number of ether oxygens (including phenoxy) is 1. The van der Waals surface area contributed by atoms with Crippen molar-refractivity contribution in [1.82, 2.24) is 0 Å². The summed E-state index contributed by atoms with van der Waals surface area (Å²) in [5, 5.41) is 8.93. The van der Waals surface area contributed by atoms with E-state index in [0.717, 1.165) is 0 Å². The normalized spacial score (nSPS) is 9.62. The lowest BCUT2D eigenvalue weighted by Gasteiger charge is -2.11. The maximum absolute atomic E-state index is 10.5. The average molecular weight is 238 g/mol. The molecule has 84 valence electrons. The van der Waals surface area contributed by atoms with Crippen molar-refractivity contribution in [2.75, 3.05) is 0 Å². The fraction of sp³-hybridized carbons (Fsp3) is 0.300. The second-order valence-electron chi connectivity index (χ2n) is 3.24. The van der Waals surface area contributed by atoms with Crippen LogP contribution in [-0.4, -0.2) is 14.5 Å². The van der Waals surface area contributed by atoms with Gasteiger partial charge in [0.25, 0.3) is 0 Å². The van der Waals surface area contributed by atoms with E-state index in [9.17, 15) is 8.42 Å². The molecule has 0 saturated carbocycles. The third kappa shape index (κ3) is 3.07. The first-order valence-corrected chi connectivity index (χ1v) is 5.58. The first-order valence-electron chi connectivity index (χ1n) is 4.55. The Morgan fingerprint density at radius 1 is 1.44 bits per heavy atom. The molecule has 0 atom stereocenters. The highest BCUT2D eigenvalue weighted by Crippen LogP contribution is 2.28. The zero-order valence-electron chi connectivity index (χ0n) is 8.84. The molecule has 1 aromatic rings. The van der Waals surface area contributed by atoms with Crippen LogP contribution in [0.2, 0.25) is 0 Å². The molecule has 0 aromatic heterocycles. The van der Waals surface area contributed by atoms with Gasteiger partial charge in [0, 0.05) is 0 Å². The molecule has 0 N–H and O–H groups in total. The van der Waals surface area contributed by atoms with Crippen LogP contribution in [0.1, 0.15) is 19.4 Å². The largest absolute Gasteiger partial charge is 0.490 e. The van der Waals surface area contributed by atoms with E-state index in [0.29, 0.717) is 5.75 Å². The van der Waals surface area contributed by atoms with E-state index in [-0.39, 0.29) is 17.4 Å². The maximum Gasteiger partial charge on any atom is 0.316 e. The van der Waals surface area contributed by atoms with Gasteiger partial charge < -0.3 is 4.74 Å². The molecule has 0 unspecified atom stereocenters. The molecule has 0 radical (unpaired) electrons. The van der Waals surface area contributed by atoms with Gasteiger partial charge in [0.15, 0.2) is 0 Å². The van der Waals surface area contributed by atoms with Gasteiger partial charge in [0.1, 0.15) is 23.1 Å². The summed E-state index contributed by atoms with van der Waals surface area (Å²) in [6.45, 7) is 3.63. The molecule has 0 aliphatic heterocycles. The smallest absolute Gasteiger partial charge is 0.316 e. The quantitative estimate of drug-likeness (QED) is 0.807. The second kappa shape index (κ2) is 5.28. The van der Waals surface area contributed by atoms with E-state index in [1.807, 2.05) is 19.9 Å². The van der Waals surface area contributed by atoms with Crippen LogP contribution in [0.3, 0.4) is 0 Å². The van der Waals surface area contributed by atoms with Gasteiger partial charge in [-0.1, -0.05) is 6.07 Å². The summed E-state index contributed by atoms with van der Waals surface area (Å²) in [5.41, 5.74) is 0.217. The van der Waals surface area contributed by atoms with Crippen molar-refractivity contribution >= 4 is 16.2 Å². The van der Waals surface area contributed by atoms with E-state index in [1.54, 1.807) is 12.1 Å². The molecule has 0 saturated heterocycles. The van der Waals surface area contributed by atoms with Crippen molar-refractivity contribution in [1.29, 1.82) is 5.26 Å². The Hall–Kier alpha value is -1.87. The number of benzene rings is 1. The highest BCUT2D eigenvalue weighted by molar-refractivity contribution is 7.61. The van der Waals surface area contributed by atoms with Gasteiger partial charge in [0.2, 0.25) is 0 Å². The Morgan fingerprint density at radius 3 is 2.62 bits per heavy atom. The predicted molar refractivity (Wildman–Crippen MR) is 57.9 cm³/mol. The molecule has 5 nitrogen and oxygen atoms in total. The average Bonchev–Trinajstić information content (AvgIpc) is 2.16.